The van der Waals surface area contributed by atoms with Gasteiger partial charge in [-0.3, -0.25) is 0 Å². The van der Waals surface area contributed by atoms with Crippen LogP contribution in [0.4, 0.5) is 5.69 Å². The van der Waals surface area contributed by atoms with Crippen LogP contribution in [0.1, 0.15) is 5.89 Å². The summed E-state index contributed by atoms with van der Waals surface area (Å²) in [4.78, 5) is 4.38. The van der Waals surface area contributed by atoms with Crippen molar-refractivity contribution >= 4 is 16.8 Å². The highest BCUT2D eigenvalue weighted by atomic mass is 16.5. The molecule has 0 fully saturated rings. The molecule has 1 aromatic heterocycles. The molecule has 0 saturated heterocycles. The number of nitrogens with two attached hydrogens (primary N) is 1. The average molecular weight is 254 g/mol. The molecule has 0 radical (unpaired) electrons. The Balaban J connectivity index is 1.65. The minimum Gasteiger partial charge on any atom is -0.493 e. The first kappa shape index (κ1) is 11.6. The van der Waals surface area contributed by atoms with Crippen molar-refractivity contribution in [2.24, 2.45) is 0 Å². The van der Waals surface area contributed by atoms with Crippen LogP contribution in [0.25, 0.3) is 11.1 Å². The summed E-state index contributed by atoms with van der Waals surface area (Å²) in [7, 11) is 0. The van der Waals surface area contributed by atoms with Crippen LogP contribution in [-0.4, -0.2) is 11.6 Å². The Morgan fingerprint density at radius 2 is 1.95 bits per heavy atom. The Morgan fingerprint density at radius 3 is 2.79 bits per heavy atom. The lowest BCUT2D eigenvalue weighted by molar-refractivity contribution is 0.308. The largest absolute Gasteiger partial charge is 0.493 e. The van der Waals surface area contributed by atoms with E-state index in [4.69, 9.17) is 14.9 Å². The van der Waals surface area contributed by atoms with Gasteiger partial charge in [0.2, 0.25) is 0 Å². The van der Waals surface area contributed by atoms with Gasteiger partial charge >= 0.3 is 0 Å². The topological polar surface area (TPSA) is 61.3 Å². The van der Waals surface area contributed by atoms with Crippen LogP contribution in [0.5, 0.6) is 5.75 Å². The van der Waals surface area contributed by atoms with E-state index in [2.05, 4.69) is 4.98 Å². The molecule has 0 amide bonds. The number of hydrogen-bond acceptors (Lipinski definition) is 4. The maximum atomic E-state index is 5.70. The first-order valence-electron chi connectivity index (χ1n) is 6.14. The van der Waals surface area contributed by atoms with Crippen LogP contribution in [0.3, 0.4) is 0 Å². The van der Waals surface area contributed by atoms with Crippen molar-refractivity contribution in [3.05, 3.63) is 54.4 Å². The molecule has 0 spiro atoms. The van der Waals surface area contributed by atoms with Gasteiger partial charge in [-0.15, -0.1) is 0 Å². The fourth-order valence-electron chi connectivity index (χ4n) is 1.87. The summed E-state index contributed by atoms with van der Waals surface area (Å²) in [6, 6.07) is 15.1. The molecule has 0 atom stereocenters. The van der Waals surface area contributed by atoms with Gasteiger partial charge in [-0.2, -0.15) is 0 Å². The van der Waals surface area contributed by atoms with Crippen molar-refractivity contribution in [2.45, 2.75) is 6.42 Å². The molecule has 3 rings (SSSR count). The van der Waals surface area contributed by atoms with Crippen molar-refractivity contribution in [1.29, 1.82) is 0 Å². The number of nitrogens with zero attached hydrogens (tertiary/aromatic N) is 1. The Bertz CT molecular complexity index is 677. The fraction of sp³-hybridized carbons (Fsp3) is 0.133. The lowest BCUT2D eigenvalue weighted by atomic mass is 10.3. The Morgan fingerprint density at radius 1 is 1.11 bits per heavy atom. The summed E-state index contributed by atoms with van der Waals surface area (Å²) < 4.78 is 11.2. The van der Waals surface area contributed by atoms with Gasteiger partial charge in [0.05, 0.1) is 13.0 Å². The summed E-state index contributed by atoms with van der Waals surface area (Å²) >= 11 is 0. The molecule has 0 aliphatic carbocycles. The third kappa shape index (κ3) is 2.68. The lowest BCUT2D eigenvalue weighted by Crippen LogP contribution is -2.01. The normalized spacial score (nSPS) is 10.7. The van der Waals surface area contributed by atoms with E-state index in [1.54, 1.807) is 6.07 Å². The number of hydrogen-bond donors (Lipinski definition) is 1. The van der Waals surface area contributed by atoms with E-state index in [0.717, 1.165) is 16.8 Å². The van der Waals surface area contributed by atoms with Crippen molar-refractivity contribution in [1.82, 2.24) is 4.98 Å². The van der Waals surface area contributed by atoms with Gasteiger partial charge in [-0.1, -0.05) is 18.2 Å². The van der Waals surface area contributed by atoms with Crippen molar-refractivity contribution in [3.8, 4) is 5.75 Å². The van der Waals surface area contributed by atoms with E-state index in [1.807, 2.05) is 42.5 Å². The number of nitrogen functional groups attached to an aromatic ring is 1. The molecule has 19 heavy (non-hydrogen) atoms. The van der Waals surface area contributed by atoms with E-state index in [-0.39, 0.29) is 0 Å². The molecule has 0 aliphatic rings. The van der Waals surface area contributed by atoms with Crippen LogP contribution in [0, 0.1) is 0 Å². The first-order chi connectivity index (χ1) is 9.31. The van der Waals surface area contributed by atoms with E-state index in [0.29, 0.717) is 24.6 Å². The predicted octanol–water partition coefficient (Wildman–Crippen LogP) is 3.03. The zero-order chi connectivity index (χ0) is 13.1. The molecular formula is C15H14N2O2. The van der Waals surface area contributed by atoms with Gasteiger partial charge in [0.1, 0.15) is 11.3 Å². The number of oxazole rings is 1. The van der Waals surface area contributed by atoms with Crippen molar-refractivity contribution in [3.63, 3.8) is 0 Å². The standard InChI is InChI=1S/C15H14N2O2/c16-11-6-7-13-14(10-11)19-15(17-13)8-9-18-12-4-2-1-3-5-12/h1-7,10H,8-9,16H2. The molecule has 4 nitrogen and oxygen atoms in total. The molecule has 0 bridgehead atoms. The SMILES string of the molecule is Nc1ccc2nc(CCOc3ccccc3)oc2c1. The molecule has 2 aromatic carbocycles. The van der Waals surface area contributed by atoms with E-state index < -0.39 is 0 Å². The number of benzene rings is 2. The van der Waals surface area contributed by atoms with E-state index in [1.165, 1.54) is 0 Å². The van der Waals surface area contributed by atoms with Gasteiger partial charge in [0, 0.05) is 11.8 Å². The quantitative estimate of drug-likeness (QED) is 0.727. The Kier molecular flexibility index (Phi) is 3.06. The van der Waals surface area contributed by atoms with Gasteiger partial charge in [0.25, 0.3) is 0 Å². The molecule has 1 heterocycles. The summed E-state index contributed by atoms with van der Waals surface area (Å²) in [6.07, 6.45) is 0.628. The van der Waals surface area contributed by atoms with Crippen LogP contribution >= 0.6 is 0 Å². The van der Waals surface area contributed by atoms with Gasteiger partial charge < -0.3 is 14.9 Å². The van der Waals surface area contributed by atoms with E-state index in [9.17, 15) is 0 Å². The lowest BCUT2D eigenvalue weighted by Gasteiger charge is -2.03. The molecular weight excluding hydrogens is 240 g/mol. The van der Waals surface area contributed by atoms with Crippen molar-refractivity contribution in [2.75, 3.05) is 12.3 Å². The number of para-hydroxylation sites is 1. The third-order valence-electron chi connectivity index (χ3n) is 2.78. The highest BCUT2D eigenvalue weighted by Crippen LogP contribution is 2.18. The maximum Gasteiger partial charge on any atom is 0.198 e. The number of ether oxygens (including phenoxy) is 1. The second-order valence-electron chi connectivity index (χ2n) is 4.25. The highest BCUT2D eigenvalue weighted by molar-refractivity contribution is 5.76. The summed E-state index contributed by atoms with van der Waals surface area (Å²) in [5, 5.41) is 0. The van der Waals surface area contributed by atoms with Crippen LogP contribution < -0.4 is 10.5 Å². The minimum absolute atomic E-state index is 0.534. The van der Waals surface area contributed by atoms with Gasteiger partial charge in [-0.25, -0.2) is 4.98 Å². The van der Waals surface area contributed by atoms with Crippen molar-refractivity contribution < 1.29 is 9.15 Å². The minimum atomic E-state index is 0.534. The molecule has 4 heteroatoms. The van der Waals surface area contributed by atoms with E-state index >= 15 is 0 Å². The first-order valence-corrected chi connectivity index (χ1v) is 6.14. The zero-order valence-electron chi connectivity index (χ0n) is 10.4. The summed E-state index contributed by atoms with van der Waals surface area (Å²) in [5.41, 5.74) is 7.91. The number of aromatic nitrogens is 1. The molecule has 0 unspecified atom stereocenters. The fourth-order valence-corrected chi connectivity index (χ4v) is 1.87. The van der Waals surface area contributed by atoms with Crippen LogP contribution in [0.2, 0.25) is 0 Å². The smallest absolute Gasteiger partial charge is 0.198 e. The second-order valence-corrected chi connectivity index (χ2v) is 4.25. The zero-order valence-corrected chi connectivity index (χ0v) is 10.4. The average Bonchev–Trinajstić information content (AvgIpc) is 2.82. The Labute approximate surface area is 110 Å². The third-order valence-corrected chi connectivity index (χ3v) is 2.78. The summed E-state index contributed by atoms with van der Waals surface area (Å²) in [6.45, 7) is 0.534. The Hall–Kier alpha value is -2.49. The molecule has 0 aliphatic heterocycles. The number of anilines is 1. The highest BCUT2D eigenvalue weighted by Gasteiger charge is 2.06. The number of fused-ring (bicyclic) bond motifs is 1. The van der Waals surface area contributed by atoms with Crippen LogP contribution in [-0.2, 0) is 6.42 Å². The number of rotatable bonds is 4. The van der Waals surface area contributed by atoms with Crippen LogP contribution in [0.15, 0.2) is 52.9 Å². The second kappa shape index (κ2) is 5.02. The molecule has 3 aromatic rings. The monoisotopic (exact) mass is 254 g/mol. The van der Waals surface area contributed by atoms with Gasteiger partial charge in [0.15, 0.2) is 11.5 Å². The maximum absolute atomic E-state index is 5.70. The summed E-state index contributed by atoms with van der Waals surface area (Å²) in [5.74, 6) is 1.51. The van der Waals surface area contributed by atoms with Gasteiger partial charge in [-0.05, 0) is 24.3 Å². The molecule has 96 valence electrons. The molecule has 2 N–H and O–H groups in total. The molecule has 0 saturated carbocycles. The predicted molar refractivity (Wildman–Crippen MR) is 74.1 cm³/mol.